The molecule has 0 spiro atoms. The Morgan fingerprint density at radius 3 is 2.50 bits per heavy atom. The summed E-state index contributed by atoms with van der Waals surface area (Å²) >= 11 is 0. The first-order valence-electron chi connectivity index (χ1n) is 4.63. The smallest absolute Gasteiger partial charge is 0.150 e. The molecule has 0 amide bonds. The van der Waals surface area contributed by atoms with Gasteiger partial charge in [0.25, 0.3) is 0 Å². The number of benzene rings is 1. The van der Waals surface area contributed by atoms with Crippen molar-refractivity contribution >= 4 is 12.4 Å². The summed E-state index contributed by atoms with van der Waals surface area (Å²) in [7, 11) is 1.64. The third-order valence-electron chi connectivity index (χ3n) is 2.15. The molecule has 0 atom stereocenters. The van der Waals surface area contributed by atoms with Crippen LogP contribution in [0.3, 0.4) is 0 Å². The molecule has 0 aliphatic rings. The van der Waals surface area contributed by atoms with Gasteiger partial charge in [-0.2, -0.15) is 0 Å². The molecule has 1 heterocycles. The molecule has 0 aliphatic heterocycles. The van der Waals surface area contributed by atoms with E-state index in [2.05, 4.69) is 5.16 Å². The van der Waals surface area contributed by atoms with Crippen LogP contribution in [0.2, 0.25) is 0 Å². The average Bonchev–Trinajstić information content (AvgIpc) is 2.78. The van der Waals surface area contributed by atoms with Crippen LogP contribution >= 0.6 is 12.4 Å². The van der Waals surface area contributed by atoms with E-state index in [4.69, 9.17) is 15.0 Å². The van der Waals surface area contributed by atoms with Gasteiger partial charge in [0.15, 0.2) is 5.76 Å². The molecule has 1 aromatic carbocycles. The largest absolute Gasteiger partial charge is 0.497 e. The fourth-order valence-electron chi connectivity index (χ4n) is 1.31. The van der Waals surface area contributed by atoms with Crippen LogP contribution in [0.4, 0.5) is 0 Å². The minimum Gasteiger partial charge on any atom is -0.497 e. The lowest BCUT2D eigenvalue weighted by Crippen LogP contribution is -1.92. The van der Waals surface area contributed by atoms with E-state index in [1.165, 1.54) is 0 Å². The first-order chi connectivity index (χ1) is 7.33. The number of rotatable bonds is 3. The predicted octanol–water partition coefficient (Wildman–Crippen LogP) is 2.23. The van der Waals surface area contributed by atoms with Gasteiger partial charge in [0.05, 0.1) is 13.7 Å². The summed E-state index contributed by atoms with van der Waals surface area (Å²) in [6, 6.07) is 9.45. The summed E-state index contributed by atoms with van der Waals surface area (Å²) in [5.74, 6) is 1.50. The molecule has 0 saturated carbocycles. The molecule has 2 N–H and O–H groups in total. The van der Waals surface area contributed by atoms with Crippen molar-refractivity contribution in [3.05, 3.63) is 36.1 Å². The van der Waals surface area contributed by atoms with Crippen molar-refractivity contribution in [2.75, 3.05) is 7.11 Å². The maximum Gasteiger partial charge on any atom is 0.150 e. The lowest BCUT2D eigenvalue weighted by Gasteiger charge is -1.99. The van der Waals surface area contributed by atoms with Gasteiger partial charge in [0, 0.05) is 11.6 Å². The van der Waals surface area contributed by atoms with Crippen LogP contribution in [-0.4, -0.2) is 12.3 Å². The van der Waals surface area contributed by atoms with Crippen molar-refractivity contribution in [1.29, 1.82) is 0 Å². The Morgan fingerprint density at radius 2 is 2.00 bits per heavy atom. The SMILES string of the molecule is COc1ccc(-c2cc(CN)on2)cc1.Cl. The first kappa shape index (κ1) is 12.5. The number of aromatic nitrogens is 1. The van der Waals surface area contributed by atoms with Gasteiger partial charge in [-0.3, -0.25) is 0 Å². The number of hydrogen-bond donors (Lipinski definition) is 1. The van der Waals surface area contributed by atoms with Gasteiger partial charge in [-0.1, -0.05) is 5.16 Å². The number of ether oxygens (including phenoxy) is 1. The van der Waals surface area contributed by atoms with Crippen molar-refractivity contribution in [2.45, 2.75) is 6.54 Å². The van der Waals surface area contributed by atoms with Crippen molar-refractivity contribution < 1.29 is 9.26 Å². The summed E-state index contributed by atoms with van der Waals surface area (Å²) in [6.45, 7) is 0.364. The minimum absolute atomic E-state index is 0. The summed E-state index contributed by atoms with van der Waals surface area (Å²) in [4.78, 5) is 0. The Hall–Kier alpha value is -1.52. The van der Waals surface area contributed by atoms with Gasteiger partial charge in [0.1, 0.15) is 11.4 Å². The molecule has 4 nitrogen and oxygen atoms in total. The molecule has 86 valence electrons. The quantitative estimate of drug-likeness (QED) is 0.894. The average molecular weight is 241 g/mol. The van der Waals surface area contributed by atoms with Crippen LogP contribution in [0, 0.1) is 0 Å². The zero-order valence-corrected chi connectivity index (χ0v) is 9.66. The van der Waals surface area contributed by atoms with E-state index in [1.54, 1.807) is 7.11 Å². The molecule has 1 aromatic heterocycles. The maximum absolute atomic E-state index is 5.43. The molecule has 2 rings (SSSR count). The zero-order valence-electron chi connectivity index (χ0n) is 8.84. The number of nitrogens with zero attached hydrogens (tertiary/aromatic N) is 1. The van der Waals surface area contributed by atoms with Crippen molar-refractivity contribution in [1.82, 2.24) is 5.16 Å². The maximum atomic E-state index is 5.43. The molecule has 0 fully saturated rings. The van der Waals surface area contributed by atoms with Gasteiger partial charge in [-0.05, 0) is 24.3 Å². The monoisotopic (exact) mass is 240 g/mol. The second-order valence-electron chi connectivity index (χ2n) is 3.11. The highest BCUT2D eigenvalue weighted by Crippen LogP contribution is 2.21. The highest BCUT2D eigenvalue weighted by molar-refractivity contribution is 5.85. The summed E-state index contributed by atoms with van der Waals surface area (Å²) in [6.07, 6.45) is 0. The van der Waals surface area contributed by atoms with Crippen molar-refractivity contribution in [2.24, 2.45) is 5.73 Å². The van der Waals surface area contributed by atoms with Crippen LogP contribution in [0.1, 0.15) is 5.76 Å². The van der Waals surface area contributed by atoms with E-state index < -0.39 is 0 Å². The number of hydrogen-bond acceptors (Lipinski definition) is 4. The number of nitrogens with two attached hydrogens (primary N) is 1. The predicted molar refractivity (Wildman–Crippen MR) is 63.6 cm³/mol. The third kappa shape index (κ3) is 2.53. The Bertz CT molecular complexity index is 440. The Labute approximate surface area is 99.8 Å². The van der Waals surface area contributed by atoms with Crippen LogP contribution < -0.4 is 10.5 Å². The van der Waals surface area contributed by atoms with Crippen LogP contribution in [0.5, 0.6) is 5.75 Å². The first-order valence-corrected chi connectivity index (χ1v) is 4.63. The highest BCUT2D eigenvalue weighted by atomic mass is 35.5. The summed E-state index contributed by atoms with van der Waals surface area (Å²) in [5, 5.41) is 3.92. The number of halogens is 1. The van der Waals surface area contributed by atoms with Gasteiger partial charge < -0.3 is 15.0 Å². The highest BCUT2D eigenvalue weighted by Gasteiger charge is 2.04. The molecule has 0 saturated heterocycles. The van der Waals surface area contributed by atoms with Crippen molar-refractivity contribution in [3.8, 4) is 17.0 Å². The van der Waals surface area contributed by atoms with Crippen LogP contribution in [0.15, 0.2) is 34.9 Å². The van der Waals surface area contributed by atoms with E-state index in [0.29, 0.717) is 12.3 Å². The molecule has 0 bridgehead atoms. The fourth-order valence-corrected chi connectivity index (χ4v) is 1.31. The van der Waals surface area contributed by atoms with Crippen molar-refractivity contribution in [3.63, 3.8) is 0 Å². The normalized spacial score (nSPS) is 9.62. The molecule has 2 aromatic rings. The van der Waals surface area contributed by atoms with E-state index in [1.807, 2.05) is 30.3 Å². The van der Waals surface area contributed by atoms with Crippen LogP contribution in [0.25, 0.3) is 11.3 Å². The molecular formula is C11H13ClN2O2. The van der Waals surface area contributed by atoms with Gasteiger partial charge in [-0.15, -0.1) is 12.4 Å². The summed E-state index contributed by atoms with van der Waals surface area (Å²) < 4.78 is 10.1. The molecule has 5 heteroatoms. The fraction of sp³-hybridized carbons (Fsp3) is 0.182. The standard InChI is InChI=1S/C11H12N2O2.ClH/c1-14-9-4-2-8(3-5-9)11-6-10(7-12)15-13-11;/h2-6H,7,12H2,1H3;1H. The van der Waals surface area contributed by atoms with E-state index in [-0.39, 0.29) is 12.4 Å². The van der Waals surface area contributed by atoms with Gasteiger partial charge in [-0.25, -0.2) is 0 Å². The number of methoxy groups -OCH3 is 1. The van der Waals surface area contributed by atoms with E-state index >= 15 is 0 Å². The topological polar surface area (TPSA) is 61.3 Å². The molecule has 0 unspecified atom stereocenters. The minimum atomic E-state index is 0. The molecule has 0 radical (unpaired) electrons. The van der Waals surface area contributed by atoms with Gasteiger partial charge in [0.2, 0.25) is 0 Å². The third-order valence-corrected chi connectivity index (χ3v) is 2.15. The molecule has 0 aliphatic carbocycles. The lowest BCUT2D eigenvalue weighted by atomic mass is 10.1. The Balaban J connectivity index is 0.00000128. The summed E-state index contributed by atoms with van der Waals surface area (Å²) in [5.41, 5.74) is 7.21. The Morgan fingerprint density at radius 1 is 1.31 bits per heavy atom. The lowest BCUT2D eigenvalue weighted by molar-refractivity contribution is 0.387. The van der Waals surface area contributed by atoms with Crippen LogP contribution in [-0.2, 0) is 6.54 Å². The van der Waals surface area contributed by atoms with Gasteiger partial charge >= 0.3 is 0 Å². The van der Waals surface area contributed by atoms with E-state index in [0.717, 1.165) is 17.0 Å². The van der Waals surface area contributed by atoms with E-state index in [9.17, 15) is 0 Å². The zero-order chi connectivity index (χ0) is 10.7. The Kier molecular flexibility index (Phi) is 4.34. The second-order valence-corrected chi connectivity index (χ2v) is 3.11. The molecular weight excluding hydrogens is 228 g/mol. The molecule has 16 heavy (non-hydrogen) atoms. The second kappa shape index (κ2) is 5.53.